The van der Waals surface area contributed by atoms with E-state index in [1.807, 2.05) is 12.1 Å². The molecule has 0 amide bonds. The Bertz CT molecular complexity index is 469. The number of benzene rings is 1. The fourth-order valence-corrected chi connectivity index (χ4v) is 4.37. The summed E-state index contributed by atoms with van der Waals surface area (Å²) in [5.41, 5.74) is 7.58. The van der Waals surface area contributed by atoms with Crippen molar-refractivity contribution < 1.29 is 4.39 Å². The fourth-order valence-electron chi connectivity index (χ4n) is 4.37. The largest absolute Gasteiger partial charge is 0.327 e. The van der Waals surface area contributed by atoms with Gasteiger partial charge in [0.05, 0.1) is 0 Å². The van der Waals surface area contributed by atoms with Crippen LogP contribution in [0.25, 0.3) is 0 Å². The summed E-state index contributed by atoms with van der Waals surface area (Å²) in [6.07, 6.45) is 7.54. The zero-order chi connectivity index (χ0) is 15.5. The Labute approximate surface area is 133 Å². The van der Waals surface area contributed by atoms with Crippen molar-refractivity contribution >= 4 is 0 Å². The Morgan fingerprint density at radius 1 is 1.23 bits per heavy atom. The topological polar surface area (TPSA) is 29.3 Å². The van der Waals surface area contributed by atoms with Gasteiger partial charge in [-0.15, -0.1) is 0 Å². The van der Waals surface area contributed by atoms with Crippen LogP contribution in [0.3, 0.4) is 0 Å². The molecule has 0 aromatic heterocycles. The molecule has 3 atom stereocenters. The maximum absolute atomic E-state index is 13.0. The summed E-state index contributed by atoms with van der Waals surface area (Å²) in [4.78, 5) is 2.66. The van der Waals surface area contributed by atoms with Crippen LogP contribution < -0.4 is 5.73 Å². The van der Waals surface area contributed by atoms with Crippen LogP contribution in [0.15, 0.2) is 24.3 Å². The van der Waals surface area contributed by atoms with Gasteiger partial charge in [-0.05, 0) is 61.6 Å². The van der Waals surface area contributed by atoms with E-state index < -0.39 is 0 Å². The van der Waals surface area contributed by atoms with E-state index in [0.717, 1.165) is 37.9 Å². The normalized spacial score (nSPS) is 28.3. The van der Waals surface area contributed by atoms with E-state index >= 15 is 0 Å². The zero-order valence-electron chi connectivity index (χ0n) is 13.7. The minimum absolute atomic E-state index is 0.151. The second-order valence-corrected chi connectivity index (χ2v) is 7.31. The number of hydrogen-bond acceptors (Lipinski definition) is 2. The number of halogens is 1. The summed E-state index contributed by atoms with van der Waals surface area (Å²) in [5, 5.41) is 0. The molecule has 1 aromatic carbocycles. The summed E-state index contributed by atoms with van der Waals surface area (Å²) in [7, 11) is 0. The molecule has 0 spiro atoms. The highest BCUT2D eigenvalue weighted by atomic mass is 19.1. The third-order valence-corrected chi connectivity index (χ3v) is 5.62. The van der Waals surface area contributed by atoms with Crippen molar-refractivity contribution in [2.45, 2.75) is 57.5 Å². The third-order valence-electron chi connectivity index (χ3n) is 5.62. The second-order valence-electron chi connectivity index (χ2n) is 7.31. The monoisotopic (exact) mass is 304 g/mol. The highest BCUT2D eigenvalue weighted by Crippen LogP contribution is 2.35. The molecule has 1 saturated carbocycles. The van der Waals surface area contributed by atoms with Gasteiger partial charge in [-0.25, -0.2) is 4.39 Å². The number of likely N-dealkylation sites (tertiary alicyclic amines) is 1. The Hall–Kier alpha value is -0.930. The van der Waals surface area contributed by atoms with Gasteiger partial charge in [0.25, 0.3) is 0 Å². The first-order valence-electron chi connectivity index (χ1n) is 8.89. The van der Waals surface area contributed by atoms with Gasteiger partial charge in [-0.2, -0.15) is 0 Å². The standard InChI is InChI=1S/C19H29FN2/c1-2-19(16-4-3-5-16)22-12-15(11-18(21)13-22)10-14-6-8-17(20)9-7-14/h6-9,15-16,18-19H,2-5,10-13,21H2,1H3. The predicted molar refractivity (Wildman–Crippen MR) is 89.2 cm³/mol. The molecule has 2 aliphatic rings. The van der Waals surface area contributed by atoms with E-state index in [4.69, 9.17) is 5.73 Å². The molecule has 0 bridgehead atoms. The zero-order valence-corrected chi connectivity index (χ0v) is 13.7. The molecule has 2 N–H and O–H groups in total. The van der Waals surface area contributed by atoms with Gasteiger partial charge in [0, 0.05) is 25.2 Å². The second kappa shape index (κ2) is 7.10. The summed E-state index contributed by atoms with van der Waals surface area (Å²) in [5.74, 6) is 1.34. The third kappa shape index (κ3) is 3.69. The smallest absolute Gasteiger partial charge is 0.123 e. The SMILES string of the molecule is CCC(C1CCC1)N1CC(N)CC(Cc2ccc(F)cc2)C1. The Morgan fingerprint density at radius 2 is 1.95 bits per heavy atom. The van der Waals surface area contributed by atoms with E-state index in [2.05, 4.69) is 11.8 Å². The van der Waals surface area contributed by atoms with Crippen LogP contribution in [0.5, 0.6) is 0 Å². The first-order chi connectivity index (χ1) is 10.7. The molecule has 1 aliphatic heterocycles. The van der Waals surface area contributed by atoms with Gasteiger partial charge < -0.3 is 5.73 Å². The van der Waals surface area contributed by atoms with Crippen LogP contribution in [0.1, 0.15) is 44.6 Å². The fraction of sp³-hybridized carbons (Fsp3) is 0.684. The lowest BCUT2D eigenvalue weighted by Crippen LogP contribution is -2.54. The highest BCUT2D eigenvalue weighted by Gasteiger charge is 2.35. The van der Waals surface area contributed by atoms with E-state index in [0.29, 0.717) is 5.92 Å². The maximum atomic E-state index is 13.0. The lowest BCUT2D eigenvalue weighted by Gasteiger charge is -2.46. The summed E-state index contributed by atoms with van der Waals surface area (Å²) < 4.78 is 13.0. The van der Waals surface area contributed by atoms with Crippen molar-refractivity contribution in [3.63, 3.8) is 0 Å². The molecule has 3 heteroatoms. The lowest BCUT2D eigenvalue weighted by molar-refractivity contribution is 0.0466. The molecule has 0 radical (unpaired) electrons. The van der Waals surface area contributed by atoms with E-state index in [-0.39, 0.29) is 11.9 Å². The van der Waals surface area contributed by atoms with Crippen LogP contribution in [-0.4, -0.2) is 30.1 Å². The van der Waals surface area contributed by atoms with E-state index in [1.165, 1.54) is 31.2 Å². The van der Waals surface area contributed by atoms with Crippen LogP contribution in [0.2, 0.25) is 0 Å². The first-order valence-corrected chi connectivity index (χ1v) is 8.89. The molecule has 122 valence electrons. The minimum atomic E-state index is -0.151. The van der Waals surface area contributed by atoms with Crippen LogP contribution in [-0.2, 0) is 6.42 Å². The minimum Gasteiger partial charge on any atom is -0.327 e. The van der Waals surface area contributed by atoms with Gasteiger partial charge in [-0.3, -0.25) is 4.90 Å². The van der Waals surface area contributed by atoms with Gasteiger partial charge in [0.1, 0.15) is 5.82 Å². The summed E-state index contributed by atoms with van der Waals surface area (Å²) in [6.45, 7) is 4.52. The van der Waals surface area contributed by atoms with Gasteiger partial charge in [0.15, 0.2) is 0 Å². The summed E-state index contributed by atoms with van der Waals surface area (Å²) in [6, 6.07) is 7.98. The first kappa shape index (κ1) is 15.9. The van der Waals surface area contributed by atoms with Crippen molar-refractivity contribution in [2.24, 2.45) is 17.6 Å². The van der Waals surface area contributed by atoms with Gasteiger partial charge >= 0.3 is 0 Å². The molecule has 22 heavy (non-hydrogen) atoms. The molecule has 1 aliphatic carbocycles. The average Bonchev–Trinajstić information content (AvgIpc) is 2.44. The Morgan fingerprint density at radius 3 is 2.55 bits per heavy atom. The van der Waals surface area contributed by atoms with Crippen LogP contribution >= 0.6 is 0 Å². The molecule has 3 unspecified atom stereocenters. The Kier molecular flexibility index (Phi) is 5.14. The molecule has 1 aromatic rings. The maximum Gasteiger partial charge on any atom is 0.123 e. The number of piperidine rings is 1. The van der Waals surface area contributed by atoms with Crippen LogP contribution in [0.4, 0.5) is 4.39 Å². The van der Waals surface area contributed by atoms with Crippen molar-refractivity contribution in [1.29, 1.82) is 0 Å². The van der Waals surface area contributed by atoms with Crippen LogP contribution in [0, 0.1) is 17.7 Å². The van der Waals surface area contributed by atoms with Crippen molar-refractivity contribution in [3.05, 3.63) is 35.6 Å². The van der Waals surface area contributed by atoms with Crippen molar-refractivity contribution in [2.75, 3.05) is 13.1 Å². The van der Waals surface area contributed by atoms with Crippen molar-refractivity contribution in [1.82, 2.24) is 4.90 Å². The van der Waals surface area contributed by atoms with Crippen molar-refractivity contribution in [3.8, 4) is 0 Å². The van der Waals surface area contributed by atoms with Gasteiger partial charge in [0.2, 0.25) is 0 Å². The lowest BCUT2D eigenvalue weighted by atomic mass is 9.76. The average molecular weight is 304 g/mol. The molecule has 1 heterocycles. The predicted octanol–water partition coefficient (Wildman–Crippen LogP) is 3.60. The number of rotatable bonds is 5. The van der Waals surface area contributed by atoms with E-state index in [9.17, 15) is 4.39 Å². The number of nitrogens with two attached hydrogens (primary N) is 1. The Balaban J connectivity index is 1.63. The highest BCUT2D eigenvalue weighted by molar-refractivity contribution is 5.17. The molecule has 2 nitrogen and oxygen atoms in total. The molecule has 3 rings (SSSR count). The number of nitrogens with zero attached hydrogens (tertiary/aromatic N) is 1. The number of hydrogen-bond donors (Lipinski definition) is 1. The van der Waals surface area contributed by atoms with E-state index in [1.54, 1.807) is 12.1 Å². The molecule has 2 fully saturated rings. The molecular formula is C19H29FN2. The summed E-state index contributed by atoms with van der Waals surface area (Å²) >= 11 is 0. The van der Waals surface area contributed by atoms with Gasteiger partial charge in [-0.1, -0.05) is 25.5 Å². The molecule has 1 saturated heterocycles. The molecular weight excluding hydrogens is 275 g/mol. The quantitative estimate of drug-likeness (QED) is 0.900.